The molecule has 8 heteroatoms. The van der Waals surface area contributed by atoms with E-state index in [0.717, 1.165) is 0 Å². The summed E-state index contributed by atoms with van der Waals surface area (Å²) in [7, 11) is 2.78. The number of carbonyl (C=O) groups is 4. The van der Waals surface area contributed by atoms with Gasteiger partial charge in [0.25, 0.3) is 0 Å². The quantitative estimate of drug-likeness (QED) is 0.537. The van der Waals surface area contributed by atoms with Gasteiger partial charge in [-0.3, -0.25) is 9.69 Å². The zero-order valence-electron chi connectivity index (χ0n) is 16.6. The number of hydrogen-bond donors (Lipinski definition) is 0. The molecule has 1 rings (SSSR count). The highest BCUT2D eigenvalue weighted by Gasteiger charge is 2.45. The Morgan fingerprint density at radius 1 is 1.23 bits per heavy atom. The van der Waals surface area contributed by atoms with Gasteiger partial charge < -0.3 is 19.2 Å². The van der Waals surface area contributed by atoms with Crippen molar-refractivity contribution in [3.63, 3.8) is 0 Å². The van der Waals surface area contributed by atoms with Gasteiger partial charge >= 0.3 is 12.1 Å². The largest absolute Gasteiger partial charge is 0.467 e. The number of nitrogens with zero attached hydrogens (tertiary/aromatic N) is 2. The highest BCUT2D eigenvalue weighted by atomic mass is 16.6. The number of ether oxygens (including phenoxy) is 2. The number of likely N-dealkylation sites (tertiary alicyclic amines) is 1. The summed E-state index contributed by atoms with van der Waals surface area (Å²) in [5, 5.41) is 0. The van der Waals surface area contributed by atoms with E-state index in [-0.39, 0.29) is 18.4 Å². The van der Waals surface area contributed by atoms with E-state index in [1.165, 1.54) is 24.0 Å². The Morgan fingerprint density at radius 3 is 2.23 bits per heavy atom. The Hall–Kier alpha value is -2.12. The fourth-order valence-electron chi connectivity index (χ4n) is 3.18. The molecule has 0 aromatic carbocycles. The van der Waals surface area contributed by atoms with Gasteiger partial charge in [0, 0.05) is 13.6 Å². The van der Waals surface area contributed by atoms with E-state index < -0.39 is 35.7 Å². The number of esters is 1. The number of amides is 2. The molecule has 0 saturated carbocycles. The number of carbonyl (C=O) groups excluding carboxylic acids is 4. The number of methoxy groups -OCH3 is 1. The lowest BCUT2D eigenvalue weighted by Crippen LogP contribution is -2.51. The summed E-state index contributed by atoms with van der Waals surface area (Å²) in [6.45, 7) is 9.06. The fourth-order valence-corrected chi connectivity index (χ4v) is 3.18. The van der Waals surface area contributed by atoms with Gasteiger partial charge in [0.15, 0.2) is 0 Å². The van der Waals surface area contributed by atoms with Crippen LogP contribution in [0, 0.1) is 11.8 Å². The molecule has 3 atom stereocenters. The molecule has 1 saturated heterocycles. The molecule has 0 spiro atoms. The number of hydrogen-bond acceptors (Lipinski definition) is 6. The molecule has 148 valence electrons. The van der Waals surface area contributed by atoms with E-state index >= 15 is 0 Å². The van der Waals surface area contributed by atoms with Crippen LogP contribution in [0.1, 0.15) is 41.0 Å². The van der Waals surface area contributed by atoms with Crippen LogP contribution in [0.4, 0.5) is 4.79 Å². The van der Waals surface area contributed by atoms with Crippen molar-refractivity contribution in [2.75, 3.05) is 20.7 Å². The third-order valence-electron chi connectivity index (χ3n) is 4.38. The van der Waals surface area contributed by atoms with E-state index in [2.05, 4.69) is 0 Å². The van der Waals surface area contributed by atoms with Crippen molar-refractivity contribution < 1.29 is 28.7 Å². The van der Waals surface area contributed by atoms with Crippen molar-refractivity contribution in [2.45, 2.75) is 58.7 Å². The monoisotopic (exact) mass is 370 g/mol. The van der Waals surface area contributed by atoms with Gasteiger partial charge in [0.2, 0.25) is 5.91 Å². The lowest BCUT2D eigenvalue weighted by Gasteiger charge is -2.32. The molecule has 2 amide bonds. The summed E-state index contributed by atoms with van der Waals surface area (Å²) in [6.07, 6.45) is 0.300. The molecule has 1 heterocycles. The zero-order valence-corrected chi connectivity index (χ0v) is 16.6. The summed E-state index contributed by atoms with van der Waals surface area (Å²) in [4.78, 5) is 51.4. The predicted octanol–water partition coefficient (Wildman–Crippen LogP) is 1.47. The maximum absolute atomic E-state index is 12.9. The second-order valence-corrected chi connectivity index (χ2v) is 7.86. The summed E-state index contributed by atoms with van der Waals surface area (Å²) in [5.74, 6) is -1.75. The van der Waals surface area contributed by atoms with Crippen LogP contribution in [0.5, 0.6) is 0 Å². The van der Waals surface area contributed by atoms with Gasteiger partial charge in [-0.05, 0) is 33.1 Å². The molecular weight excluding hydrogens is 340 g/mol. The Kier molecular flexibility index (Phi) is 7.17. The van der Waals surface area contributed by atoms with Crippen LogP contribution in [0.2, 0.25) is 0 Å². The van der Waals surface area contributed by atoms with E-state index in [9.17, 15) is 19.2 Å². The Morgan fingerprint density at radius 2 is 1.81 bits per heavy atom. The summed E-state index contributed by atoms with van der Waals surface area (Å²) >= 11 is 0. The maximum atomic E-state index is 12.9. The van der Waals surface area contributed by atoms with Crippen LogP contribution in [-0.4, -0.2) is 72.4 Å². The van der Waals surface area contributed by atoms with Crippen LogP contribution in [0.15, 0.2) is 0 Å². The number of rotatable bonds is 5. The Balaban J connectivity index is 2.97. The molecule has 8 nitrogen and oxygen atoms in total. The van der Waals surface area contributed by atoms with Crippen LogP contribution in [-0.2, 0) is 23.9 Å². The third-order valence-corrected chi connectivity index (χ3v) is 4.38. The predicted molar refractivity (Wildman–Crippen MR) is 94.3 cm³/mol. The molecule has 0 aromatic rings. The average Bonchev–Trinajstić information content (AvgIpc) is 2.95. The lowest BCUT2D eigenvalue weighted by molar-refractivity contribution is -0.155. The van der Waals surface area contributed by atoms with E-state index in [4.69, 9.17) is 9.47 Å². The first-order chi connectivity index (χ1) is 11.9. The van der Waals surface area contributed by atoms with E-state index in [1.54, 1.807) is 20.8 Å². The smallest absolute Gasteiger partial charge is 0.410 e. The van der Waals surface area contributed by atoms with E-state index in [0.29, 0.717) is 12.7 Å². The second-order valence-electron chi connectivity index (χ2n) is 7.86. The molecule has 0 aromatic heterocycles. The Labute approximate surface area is 154 Å². The molecule has 1 aliphatic heterocycles. The number of aldehydes is 1. The molecule has 0 bridgehead atoms. The highest BCUT2D eigenvalue weighted by Crippen LogP contribution is 2.28. The first-order valence-electron chi connectivity index (χ1n) is 8.74. The van der Waals surface area contributed by atoms with Gasteiger partial charge in [-0.15, -0.1) is 0 Å². The van der Waals surface area contributed by atoms with Gasteiger partial charge in [0.1, 0.15) is 24.0 Å². The van der Waals surface area contributed by atoms with Crippen LogP contribution < -0.4 is 0 Å². The summed E-state index contributed by atoms with van der Waals surface area (Å²) < 4.78 is 10.1. The SMILES string of the molecule is COC(=O)[C@H](C(C)C)N(C)C(=O)[C@H]1CCN(C(=O)OC(C)(C)C)[C@@H]1C=O. The van der Waals surface area contributed by atoms with Crippen LogP contribution in [0.3, 0.4) is 0 Å². The molecule has 0 aliphatic carbocycles. The normalized spacial score (nSPS) is 21.3. The highest BCUT2D eigenvalue weighted by molar-refractivity contribution is 5.89. The van der Waals surface area contributed by atoms with Gasteiger partial charge in [-0.1, -0.05) is 13.8 Å². The first kappa shape index (κ1) is 21.9. The molecule has 0 unspecified atom stereocenters. The average molecular weight is 370 g/mol. The minimum absolute atomic E-state index is 0.158. The lowest BCUT2D eigenvalue weighted by atomic mass is 9.96. The van der Waals surface area contributed by atoms with Gasteiger partial charge in [-0.2, -0.15) is 0 Å². The van der Waals surface area contributed by atoms with Crippen molar-refractivity contribution in [3.05, 3.63) is 0 Å². The molecule has 0 N–H and O–H groups in total. The minimum atomic E-state index is -0.912. The van der Waals surface area contributed by atoms with Crippen molar-refractivity contribution in [2.24, 2.45) is 11.8 Å². The van der Waals surface area contributed by atoms with Crippen LogP contribution >= 0.6 is 0 Å². The van der Waals surface area contributed by atoms with Crippen molar-refractivity contribution >= 4 is 24.3 Å². The molecular formula is C18H30N2O6. The van der Waals surface area contributed by atoms with Gasteiger partial charge in [-0.25, -0.2) is 9.59 Å². The maximum Gasteiger partial charge on any atom is 0.410 e. The topological polar surface area (TPSA) is 93.2 Å². The third kappa shape index (κ3) is 4.95. The fraction of sp³-hybridized carbons (Fsp3) is 0.778. The van der Waals surface area contributed by atoms with Crippen molar-refractivity contribution in [1.29, 1.82) is 0 Å². The van der Waals surface area contributed by atoms with Crippen molar-refractivity contribution in [3.8, 4) is 0 Å². The van der Waals surface area contributed by atoms with Crippen LogP contribution in [0.25, 0.3) is 0 Å². The second kappa shape index (κ2) is 8.51. The number of likely N-dealkylation sites (N-methyl/N-ethyl adjacent to an activating group) is 1. The Bertz CT molecular complexity index is 554. The standard InChI is InChI=1S/C18H30N2O6/c1-11(2)14(16(23)25-7)19(6)15(22)12-8-9-20(13(12)10-21)17(24)26-18(3,4)5/h10-14H,8-9H2,1-7H3/t12-,13+,14-/m0/s1. The van der Waals surface area contributed by atoms with E-state index in [1.807, 2.05) is 13.8 Å². The summed E-state index contributed by atoms with van der Waals surface area (Å²) in [6, 6.07) is -1.67. The molecule has 1 fully saturated rings. The molecule has 0 radical (unpaired) electrons. The minimum Gasteiger partial charge on any atom is -0.467 e. The first-order valence-corrected chi connectivity index (χ1v) is 8.74. The summed E-state index contributed by atoms with van der Waals surface area (Å²) in [5.41, 5.74) is -0.697. The van der Waals surface area contributed by atoms with Gasteiger partial charge in [0.05, 0.1) is 13.0 Å². The zero-order chi connectivity index (χ0) is 20.2. The van der Waals surface area contributed by atoms with Crippen molar-refractivity contribution in [1.82, 2.24) is 9.80 Å². The molecule has 1 aliphatic rings. The molecule has 26 heavy (non-hydrogen) atoms.